The number of hydrogen-bond acceptors (Lipinski definition) is 17. The van der Waals surface area contributed by atoms with Gasteiger partial charge in [-0.2, -0.15) is 0 Å². The van der Waals surface area contributed by atoms with Crippen molar-refractivity contribution in [2.75, 3.05) is 26.4 Å². The summed E-state index contributed by atoms with van der Waals surface area (Å²) in [6.07, 6.45) is -21.9. The van der Waals surface area contributed by atoms with Crippen molar-refractivity contribution in [3.8, 4) is 0 Å². The Hall–Kier alpha value is -0.680. The highest BCUT2D eigenvalue weighted by atomic mass is 16.8. The van der Waals surface area contributed by atoms with E-state index in [0.717, 1.165) is 0 Å². The fourth-order valence-electron chi connectivity index (χ4n) is 4.42. The maximum Gasteiger partial charge on any atom is 0.186 e. The van der Waals surface area contributed by atoms with Crippen LogP contribution in [0.5, 0.6) is 0 Å². The van der Waals surface area contributed by atoms with Crippen molar-refractivity contribution in [3.63, 3.8) is 0 Å². The van der Waals surface area contributed by atoms with E-state index in [0.29, 0.717) is 0 Å². The molecule has 0 aromatic heterocycles. The Morgan fingerprint density at radius 1 is 0.405 bits per heavy atom. The van der Waals surface area contributed by atoms with Crippen LogP contribution in [0.3, 0.4) is 0 Å². The molecule has 4 aliphatic rings. The molecule has 4 rings (SSSR count). The summed E-state index contributed by atoms with van der Waals surface area (Å²) in [6.45, 7) is -1.71. The van der Waals surface area contributed by atoms with Crippen LogP contribution in [0.25, 0.3) is 0 Å². The molecule has 216 valence electrons. The monoisotopic (exact) mass is 546 g/mol. The summed E-state index contributed by atoms with van der Waals surface area (Å²) in [5.41, 5.74) is 0. The van der Waals surface area contributed by atoms with Gasteiger partial charge >= 0.3 is 0 Å². The lowest BCUT2D eigenvalue weighted by Crippen LogP contribution is -2.39. The van der Waals surface area contributed by atoms with E-state index in [1.54, 1.807) is 0 Å². The van der Waals surface area contributed by atoms with Gasteiger partial charge in [0.25, 0.3) is 0 Å². The van der Waals surface area contributed by atoms with Crippen molar-refractivity contribution in [1.29, 1.82) is 0 Å². The molecule has 4 fully saturated rings. The van der Waals surface area contributed by atoms with Crippen molar-refractivity contribution in [2.45, 2.75) is 98.4 Å². The molecule has 4 saturated heterocycles. The lowest BCUT2D eigenvalue weighted by Gasteiger charge is -2.21. The third kappa shape index (κ3) is 6.08. The predicted molar refractivity (Wildman–Crippen MR) is 110 cm³/mol. The Kier molecular flexibility index (Phi) is 9.69. The summed E-state index contributed by atoms with van der Waals surface area (Å²) in [5.74, 6) is 0. The molecule has 0 saturated carbocycles. The molecular weight excluding hydrogens is 512 g/mol. The fraction of sp³-hybridized carbons (Fsp3) is 1.00. The van der Waals surface area contributed by atoms with Crippen LogP contribution in [0, 0.1) is 0 Å². The fourth-order valence-corrected chi connectivity index (χ4v) is 4.42. The third-order valence-corrected chi connectivity index (χ3v) is 6.75. The number of aliphatic hydroxyl groups excluding tert-OH is 10. The Morgan fingerprint density at radius 2 is 0.730 bits per heavy atom. The average Bonchev–Trinajstić information content (AvgIpc) is 3.51. The molecule has 17 heteroatoms. The van der Waals surface area contributed by atoms with Gasteiger partial charge in [0.1, 0.15) is 73.2 Å². The normalized spacial score (nSPS) is 52.4. The molecule has 17 nitrogen and oxygen atoms in total. The molecule has 0 bridgehead atoms. The molecule has 0 aromatic carbocycles. The van der Waals surface area contributed by atoms with Gasteiger partial charge in [-0.05, 0) is 0 Å². The highest BCUT2D eigenvalue weighted by Crippen LogP contribution is 2.29. The molecule has 0 aromatic rings. The first-order chi connectivity index (χ1) is 17.5. The van der Waals surface area contributed by atoms with E-state index in [-0.39, 0.29) is 13.2 Å². The van der Waals surface area contributed by atoms with E-state index < -0.39 is 112 Å². The summed E-state index contributed by atoms with van der Waals surface area (Å²) >= 11 is 0. The second-order valence-corrected chi connectivity index (χ2v) is 9.30. The minimum Gasteiger partial charge on any atom is -0.394 e. The van der Waals surface area contributed by atoms with E-state index in [1.807, 2.05) is 0 Å². The second-order valence-electron chi connectivity index (χ2n) is 9.30. The number of aliphatic hydroxyl groups is 10. The molecule has 37 heavy (non-hydrogen) atoms. The Balaban J connectivity index is 1.21. The first kappa shape index (κ1) is 29.3. The maximum atomic E-state index is 10.2. The standard InChI is InChI=1S/C20H34O17/c21-1-5-9(22)14(27)18(35-5)32-3-7-11(24)16(29)20(37-7)33-4-8-12(25)15(28)19(36-8)31-2-6-10(23)13(26)17(30)34-6/h5-30H,1-4H2/t5-,6-,7-,8-,9-,10-,11-,12-,13+,14+,15+,16+,17?,18?,19?,20?/m1/s1. The van der Waals surface area contributed by atoms with Crippen molar-refractivity contribution in [3.05, 3.63) is 0 Å². The molecular formula is C20H34O17. The van der Waals surface area contributed by atoms with Crippen LogP contribution in [0.4, 0.5) is 0 Å². The average molecular weight is 546 g/mol. The molecule has 10 N–H and O–H groups in total. The van der Waals surface area contributed by atoms with Crippen LogP contribution in [-0.2, 0) is 33.2 Å². The zero-order valence-electron chi connectivity index (χ0n) is 19.4. The van der Waals surface area contributed by atoms with Gasteiger partial charge in [0.2, 0.25) is 0 Å². The SMILES string of the molecule is OC[C@H]1OC(OC[C@H]2OC(OC[C@H]3OC(OC[C@H]4OC(O)[C@@H](O)[C@@H]4O)[C@@H](O)[C@@H]3O)[C@@H](O)[C@@H]2O)[C@@H](O)[C@@H]1O. The highest BCUT2D eigenvalue weighted by Gasteiger charge is 2.49. The zero-order chi connectivity index (χ0) is 27.0. The van der Waals surface area contributed by atoms with Gasteiger partial charge in [-0.3, -0.25) is 0 Å². The summed E-state index contributed by atoms with van der Waals surface area (Å²) in [6, 6.07) is 0. The zero-order valence-corrected chi connectivity index (χ0v) is 19.4. The number of rotatable bonds is 10. The van der Waals surface area contributed by atoms with Gasteiger partial charge in [-0.25, -0.2) is 0 Å². The first-order valence-electron chi connectivity index (χ1n) is 11.7. The second kappa shape index (κ2) is 12.2. The van der Waals surface area contributed by atoms with E-state index in [2.05, 4.69) is 0 Å². The maximum absolute atomic E-state index is 10.2. The molecule has 4 heterocycles. The van der Waals surface area contributed by atoms with Crippen LogP contribution < -0.4 is 0 Å². The molecule has 4 unspecified atom stereocenters. The van der Waals surface area contributed by atoms with Gasteiger partial charge in [-0.1, -0.05) is 0 Å². The van der Waals surface area contributed by atoms with E-state index in [9.17, 15) is 46.0 Å². The Labute approximate surface area is 209 Å². The van der Waals surface area contributed by atoms with Crippen molar-refractivity contribution < 1.29 is 84.2 Å². The minimum atomic E-state index is -1.60. The van der Waals surface area contributed by atoms with Crippen LogP contribution >= 0.6 is 0 Å². The summed E-state index contributed by atoms with van der Waals surface area (Å²) in [7, 11) is 0. The minimum absolute atomic E-state index is 0.375. The molecule has 0 spiro atoms. The van der Waals surface area contributed by atoms with Crippen molar-refractivity contribution in [1.82, 2.24) is 0 Å². The first-order valence-corrected chi connectivity index (χ1v) is 11.7. The van der Waals surface area contributed by atoms with E-state index >= 15 is 0 Å². The van der Waals surface area contributed by atoms with Gasteiger partial charge < -0.3 is 84.2 Å². The highest BCUT2D eigenvalue weighted by molar-refractivity contribution is 4.92. The van der Waals surface area contributed by atoms with Gasteiger partial charge in [0.15, 0.2) is 25.2 Å². The lowest BCUT2D eigenvalue weighted by atomic mass is 10.1. The predicted octanol–water partition coefficient (Wildman–Crippen LogP) is -7.19. The van der Waals surface area contributed by atoms with Crippen molar-refractivity contribution >= 4 is 0 Å². The van der Waals surface area contributed by atoms with E-state index in [4.69, 9.17) is 38.3 Å². The van der Waals surface area contributed by atoms with Crippen LogP contribution in [-0.4, -0.2) is 176 Å². The smallest absolute Gasteiger partial charge is 0.186 e. The summed E-state index contributed by atoms with van der Waals surface area (Å²) in [4.78, 5) is 0. The molecule has 16 atom stereocenters. The number of ether oxygens (including phenoxy) is 7. The molecule has 0 radical (unpaired) electrons. The Morgan fingerprint density at radius 3 is 1.05 bits per heavy atom. The third-order valence-electron chi connectivity index (χ3n) is 6.75. The quantitative estimate of drug-likeness (QED) is 0.122. The van der Waals surface area contributed by atoms with E-state index in [1.165, 1.54) is 0 Å². The van der Waals surface area contributed by atoms with Crippen LogP contribution in [0.1, 0.15) is 0 Å². The Bertz CT molecular complexity index is 731. The number of hydrogen-bond donors (Lipinski definition) is 10. The van der Waals surface area contributed by atoms with Gasteiger partial charge in [0, 0.05) is 0 Å². The van der Waals surface area contributed by atoms with Crippen LogP contribution in [0.2, 0.25) is 0 Å². The molecule has 0 amide bonds. The largest absolute Gasteiger partial charge is 0.394 e. The topological polar surface area (TPSA) is 267 Å². The van der Waals surface area contributed by atoms with Crippen LogP contribution in [0.15, 0.2) is 0 Å². The summed E-state index contributed by atoms with van der Waals surface area (Å²) < 4.78 is 37.0. The molecule has 4 aliphatic heterocycles. The lowest BCUT2D eigenvalue weighted by molar-refractivity contribution is -0.223. The summed E-state index contributed by atoms with van der Waals surface area (Å²) in [5, 5.41) is 98.4. The molecule has 0 aliphatic carbocycles. The van der Waals surface area contributed by atoms with Gasteiger partial charge in [-0.15, -0.1) is 0 Å². The van der Waals surface area contributed by atoms with Crippen molar-refractivity contribution in [2.24, 2.45) is 0 Å². The van der Waals surface area contributed by atoms with Gasteiger partial charge in [0.05, 0.1) is 26.4 Å².